The number of halogens is 2. The zero-order chi connectivity index (χ0) is 17.9. The lowest BCUT2D eigenvalue weighted by atomic mass is 9.85. The summed E-state index contributed by atoms with van der Waals surface area (Å²) in [5.41, 5.74) is 3.89. The van der Waals surface area contributed by atoms with Crippen LogP contribution in [0.1, 0.15) is 57.8 Å². The third-order valence-electron chi connectivity index (χ3n) is 6.17. The second-order valence-electron chi connectivity index (χ2n) is 8.02. The molecule has 1 aliphatic carbocycles. The van der Waals surface area contributed by atoms with Crippen molar-refractivity contribution in [2.24, 2.45) is 13.0 Å². The lowest BCUT2D eigenvalue weighted by molar-refractivity contribution is -0.644. The predicted octanol–water partition coefficient (Wildman–Crippen LogP) is 3.42. The van der Waals surface area contributed by atoms with Crippen LogP contribution >= 0.6 is 11.6 Å². The molecular weight excluding hydrogens is 467 g/mol. The molecule has 1 saturated carbocycles. The van der Waals surface area contributed by atoms with Crippen LogP contribution in [0.5, 0.6) is 0 Å². The lowest BCUT2D eigenvalue weighted by Gasteiger charge is -2.21. The van der Waals surface area contributed by atoms with E-state index >= 15 is 0 Å². The van der Waals surface area contributed by atoms with Crippen LogP contribution in [0.2, 0.25) is 5.02 Å². The van der Waals surface area contributed by atoms with Crippen molar-refractivity contribution in [2.45, 2.75) is 64.3 Å². The fourth-order valence-electron chi connectivity index (χ4n) is 4.80. The first-order valence-corrected chi connectivity index (χ1v) is 10.7. The molecule has 4 rings (SSSR count). The molecule has 0 unspecified atom stereocenters. The number of aromatic nitrogens is 2. The Balaban J connectivity index is 0.00000210. The summed E-state index contributed by atoms with van der Waals surface area (Å²) < 4.78 is 4.70. The maximum absolute atomic E-state index is 6.31. The molecule has 3 aromatic rings. The van der Waals surface area contributed by atoms with Gasteiger partial charge in [-0.05, 0) is 36.6 Å². The molecule has 27 heavy (non-hydrogen) atoms. The van der Waals surface area contributed by atoms with Crippen LogP contribution in [0.3, 0.4) is 0 Å². The maximum atomic E-state index is 6.31. The Morgan fingerprint density at radius 1 is 1.04 bits per heavy atom. The third-order valence-corrected chi connectivity index (χ3v) is 6.41. The summed E-state index contributed by atoms with van der Waals surface area (Å²) in [5, 5.41) is 2.12. The van der Waals surface area contributed by atoms with Crippen LogP contribution in [-0.4, -0.2) is 4.57 Å². The van der Waals surface area contributed by atoms with Gasteiger partial charge in [0.05, 0.1) is 10.9 Å². The molecule has 0 bridgehead atoms. The summed E-state index contributed by atoms with van der Waals surface area (Å²) in [6.07, 6.45) is 14.9. The molecule has 0 aliphatic heterocycles. The van der Waals surface area contributed by atoms with E-state index < -0.39 is 0 Å². The zero-order valence-electron chi connectivity index (χ0n) is 16.3. The Bertz CT molecular complexity index is 896. The molecule has 1 fully saturated rings. The molecular formula is C23H30ClIN2. The van der Waals surface area contributed by atoms with Gasteiger partial charge in [-0.15, -0.1) is 0 Å². The van der Waals surface area contributed by atoms with Crippen molar-refractivity contribution < 1.29 is 28.5 Å². The van der Waals surface area contributed by atoms with Crippen molar-refractivity contribution in [3.8, 4) is 0 Å². The van der Waals surface area contributed by atoms with Crippen LogP contribution in [0.4, 0.5) is 0 Å². The standard InChI is InChI=1S/C23H30ClN2.HI/c1-25-15-8-12-21-23(25)20-14-13-19(24)17-22(20)26(21)16-7-3-6-11-18-9-4-2-5-10-18;/h8,12-15,17-18H,2-7,9-11,16H2,1H3;1H/q+1;/p-1. The number of fused-ring (bicyclic) bond motifs is 3. The van der Waals surface area contributed by atoms with Crippen molar-refractivity contribution in [2.75, 3.05) is 0 Å². The minimum Gasteiger partial charge on any atom is -1.00 e. The highest BCUT2D eigenvalue weighted by Crippen LogP contribution is 2.30. The summed E-state index contributed by atoms with van der Waals surface area (Å²) in [7, 11) is 2.13. The smallest absolute Gasteiger partial charge is 0.238 e. The van der Waals surface area contributed by atoms with E-state index in [-0.39, 0.29) is 24.0 Å². The summed E-state index contributed by atoms with van der Waals surface area (Å²) in [4.78, 5) is 0. The van der Waals surface area contributed by atoms with Crippen LogP contribution in [0.25, 0.3) is 21.9 Å². The molecule has 2 aromatic heterocycles. The van der Waals surface area contributed by atoms with Crippen molar-refractivity contribution in [3.63, 3.8) is 0 Å². The van der Waals surface area contributed by atoms with Crippen LogP contribution in [0, 0.1) is 5.92 Å². The van der Waals surface area contributed by atoms with Crippen LogP contribution in [0.15, 0.2) is 36.5 Å². The highest BCUT2D eigenvalue weighted by Gasteiger charge is 2.18. The fourth-order valence-corrected chi connectivity index (χ4v) is 4.96. The molecule has 0 saturated heterocycles. The average Bonchev–Trinajstić information content (AvgIpc) is 2.96. The van der Waals surface area contributed by atoms with Gasteiger partial charge in [-0.25, -0.2) is 0 Å². The Morgan fingerprint density at radius 2 is 1.85 bits per heavy atom. The van der Waals surface area contributed by atoms with E-state index in [1.165, 1.54) is 79.7 Å². The van der Waals surface area contributed by atoms with Crippen LogP contribution < -0.4 is 28.5 Å². The lowest BCUT2D eigenvalue weighted by Crippen LogP contribution is -3.00. The van der Waals surface area contributed by atoms with Gasteiger partial charge in [0.15, 0.2) is 6.20 Å². The number of hydrogen-bond donors (Lipinski definition) is 0. The van der Waals surface area contributed by atoms with E-state index in [4.69, 9.17) is 11.6 Å². The number of hydrogen-bond acceptors (Lipinski definition) is 0. The molecule has 2 heterocycles. The Hall–Kier alpha value is -0.810. The number of benzene rings is 1. The topological polar surface area (TPSA) is 8.81 Å². The Labute approximate surface area is 184 Å². The Morgan fingerprint density at radius 3 is 2.67 bits per heavy atom. The maximum Gasteiger partial charge on any atom is 0.238 e. The van der Waals surface area contributed by atoms with E-state index in [0.29, 0.717) is 0 Å². The van der Waals surface area contributed by atoms with Crippen molar-refractivity contribution in [1.29, 1.82) is 0 Å². The molecule has 1 aromatic carbocycles. The largest absolute Gasteiger partial charge is 1.00 e. The number of aryl methyl sites for hydroxylation is 2. The molecule has 0 spiro atoms. The number of unbranched alkanes of at least 4 members (excludes halogenated alkanes) is 2. The van der Waals surface area contributed by atoms with E-state index in [1.807, 2.05) is 6.07 Å². The summed E-state index contributed by atoms with van der Waals surface area (Å²) in [6.45, 7) is 1.08. The highest BCUT2D eigenvalue weighted by atomic mass is 127. The van der Waals surface area contributed by atoms with E-state index in [9.17, 15) is 0 Å². The van der Waals surface area contributed by atoms with Gasteiger partial charge < -0.3 is 28.5 Å². The second kappa shape index (κ2) is 9.60. The average molecular weight is 497 g/mol. The number of rotatable bonds is 6. The molecule has 2 nitrogen and oxygen atoms in total. The fraction of sp³-hybridized carbons (Fsp3) is 0.522. The highest BCUT2D eigenvalue weighted by molar-refractivity contribution is 6.31. The van der Waals surface area contributed by atoms with Crippen molar-refractivity contribution in [3.05, 3.63) is 41.6 Å². The van der Waals surface area contributed by atoms with Gasteiger partial charge in [0.1, 0.15) is 12.6 Å². The first kappa shape index (κ1) is 20.9. The summed E-state index contributed by atoms with van der Waals surface area (Å²) in [6, 6.07) is 10.7. The monoisotopic (exact) mass is 496 g/mol. The van der Waals surface area contributed by atoms with E-state index in [0.717, 1.165) is 17.5 Å². The van der Waals surface area contributed by atoms with Gasteiger partial charge in [0, 0.05) is 17.6 Å². The van der Waals surface area contributed by atoms with Gasteiger partial charge >= 0.3 is 0 Å². The van der Waals surface area contributed by atoms with E-state index in [1.54, 1.807) is 0 Å². The van der Waals surface area contributed by atoms with Gasteiger partial charge in [-0.1, -0.05) is 63.0 Å². The molecule has 0 amide bonds. The summed E-state index contributed by atoms with van der Waals surface area (Å²) in [5.74, 6) is 1.01. The number of pyridine rings is 1. The minimum atomic E-state index is 0. The van der Waals surface area contributed by atoms with Crippen LogP contribution in [-0.2, 0) is 13.6 Å². The van der Waals surface area contributed by atoms with Crippen molar-refractivity contribution >= 4 is 33.5 Å². The molecule has 0 N–H and O–H groups in total. The quantitative estimate of drug-likeness (QED) is 0.281. The van der Waals surface area contributed by atoms with Gasteiger partial charge in [0.25, 0.3) is 0 Å². The van der Waals surface area contributed by atoms with E-state index in [2.05, 4.69) is 46.6 Å². The zero-order valence-corrected chi connectivity index (χ0v) is 19.2. The molecule has 0 atom stereocenters. The van der Waals surface area contributed by atoms with Gasteiger partial charge in [-0.3, -0.25) is 0 Å². The Kier molecular flexibility index (Phi) is 7.43. The van der Waals surface area contributed by atoms with Crippen molar-refractivity contribution in [1.82, 2.24) is 4.57 Å². The first-order valence-electron chi connectivity index (χ1n) is 10.3. The molecule has 146 valence electrons. The molecule has 1 aliphatic rings. The third kappa shape index (κ3) is 4.61. The minimum absolute atomic E-state index is 0. The second-order valence-corrected chi connectivity index (χ2v) is 8.46. The molecule has 0 radical (unpaired) electrons. The predicted molar refractivity (Wildman–Crippen MR) is 111 cm³/mol. The summed E-state index contributed by atoms with van der Waals surface area (Å²) >= 11 is 6.31. The number of nitrogens with zero attached hydrogens (tertiary/aromatic N) is 2. The van der Waals surface area contributed by atoms with Gasteiger partial charge in [-0.2, -0.15) is 4.57 Å². The normalized spacial score (nSPS) is 15.3. The SMILES string of the molecule is C[n+]1cccc2c1c1ccc(Cl)cc1n2CCCCCC1CCCCC1.[I-]. The molecule has 4 heteroatoms. The van der Waals surface area contributed by atoms with Gasteiger partial charge in [0.2, 0.25) is 5.52 Å². The first-order chi connectivity index (χ1) is 12.7.